The largest absolute Gasteiger partial charge is 0.481 e. The Balaban J connectivity index is 0. The van der Waals surface area contributed by atoms with Crippen LogP contribution in [0.5, 0.6) is 0 Å². The van der Waals surface area contributed by atoms with Crippen LogP contribution in [-0.4, -0.2) is 17.4 Å². The quantitative estimate of drug-likeness (QED) is 0.114. The van der Waals surface area contributed by atoms with Crippen LogP contribution >= 0.6 is 0 Å². The fourth-order valence-corrected chi connectivity index (χ4v) is 3.03. The number of aliphatic carboxylic acids is 1. The van der Waals surface area contributed by atoms with Crippen molar-refractivity contribution in [2.24, 2.45) is 0 Å². The van der Waals surface area contributed by atoms with E-state index < -0.39 is 5.97 Å². The second kappa shape index (κ2) is 29.8. The Morgan fingerprint density at radius 3 is 1.33 bits per heavy atom. The van der Waals surface area contributed by atoms with Gasteiger partial charge in [-0.15, -0.1) is 0 Å². The van der Waals surface area contributed by atoms with E-state index in [0.717, 1.165) is 44.8 Å². The van der Waals surface area contributed by atoms with Crippen molar-refractivity contribution in [3.8, 4) is 0 Å². The lowest BCUT2D eigenvalue weighted by Crippen LogP contribution is -1.93. The molecule has 0 heterocycles. The van der Waals surface area contributed by atoms with Crippen LogP contribution in [0.15, 0.2) is 24.3 Å². The number of carboxylic acids is 1. The van der Waals surface area contributed by atoms with Crippen molar-refractivity contribution in [2.75, 3.05) is 0 Å². The molecule has 0 unspecified atom stereocenters. The Labute approximate surface area is 187 Å². The van der Waals surface area contributed by atoms with Gasteiger partial charge >= 0.3 is 5.97 Å². The second-order valence-electron chi connectivity index (χ2n) is 8.09. The predicted molar refractivity (Wildman–Crippen MR) is 131 cm³/mol. The number of unbranched alkanes of at least 4 members (excludes halogenated alkanes) is 14. The van der Waals surface area contributed by atoms with Crippen LogP contribution in [0.2, 0.25) is 0 Å². The molecule has 0 aliphatic heterocycles. The van der Waals surface area contributed by atoms with Crippen molar-refractivity contribution >= 4 is 12.3 Å². The maximum Gasteiger partial charge on any atom is 0.303 e. The molecule has 0 bridgehead atoms. The van der Waals surface area contributed by atoms with Gasteiger partial charge < -0.3 is 9.90 Å². The van der Waals surface area contributed by atoms with Crippen molar-refractivity contribution in [3.05, 3.63) is 24.3 Å². The molecule has 3 heteroatoms. The highest BCUT2D eigenvalue weighted by atomic mass is 16.4. The highest BCUT2D eigenvalue weighted by molar-refractivity contribution is 5.66. The molecular weight excluding hydrogens is 372 g/mol. The van der Waals surface area contributed by atoms with Crippen LogP contribution in [0.25, 0.3) is 0 Å². The molecule has 0 amide bonds. The Bertz CT molecular complexity index is 399. The standard InChI is InChI=1S/C15H28O.C12H22O2/c1-2-3-4-5-6-7-8-9-10-11-12-13-14-15-16;1-2-3-4-5-6-7-8-9-10-11-12(13)14/h5-6,15H,2-4,7-14H2,1H3;5-6H,2-4,7-11H2,1H3,(H,13,14)/b2*6-5-. The number of aldehydes is 1. The van der Waals surface area contributed by atoms with Gasteiger partial charge in [-0.2, -0.15) is 0 Å². The Morgan fingerprint density at radius 2 is 0.933 bits per heavy atom. The van der Waals surface area contributed by atoms with E-state index in [4.69, 9.17) is 5.11 Å². The molecule has 3 nitrogen and oxygen atoms in total. The minimum atomic E-state index is -0.677. The first-order valence-electron chi connectivity index (χ1n) is 12.6. The predicted octanol–water partition coefficient (Wildman–Crippen LogP) is 8.82. The number of carbonyl (C=O) groups is 2. The van der Waals surface area contributed by atoms with E-state index in [1.54, 1.807) is 0 Å². The monoisotopic (exact) mass is 422 g/mol. The summed E-state index contributed by atoms with van der Waals surface area (Å²) in [4.78, 5) is 20.3. The van der Waals surface area contributed by atoms with Crippen LogP contribution in [0, 0.1) is 0 Å². The number of hydrogen-bond donors (Lipinski definition) is 1. The van der Waals surface area contributed by atoms with Crippen LogP contribution < -0.4 is 0 Å². The summed E-state index contributed by atoms with van der Waals surface area (Å²) in [7, 11) is 0. The van der Waals surface area contributed by atoms with Gasteiger partial charge in [0.2, 0.25) is 0 Å². The molecule has 0 spiro atoms. The third-order valence-electron chi connectivity index (χ3n) is 4.99. The van der Waals surface area contributed by atoms with Gasteiger partial charge in [0, 0.05) is 12.8 Å². The summed E-state index contributed by atoms with van der Waals surface area (Å²) < 4.78 is 0. The van der Waals surface area contributed by atoms with Crippen LogP contribution in [0.3, 0.4) is 0 Å². The summed E-state index contributed by atoms with van der Waals surface area (Å²) >= 11 is 0. The molecule has 0 atom stereocenters. The third kappa shape index (κ3) is 34.1. The zero-order valence-corrected chi connectivity index (χ0v) is 20.1. The van der Waals surface area contributed by atoms with Gasteiger partial charge in [0.25, 0.3) is 0 Å². The van der Waals surface area contributed by atoms with E-state index in [0.29, 0.717) is 6.42 Å². The third-order valence-corrected chi connectivity index (χ3v) is 4.99. The van der Waals surface area contributed by atoms with E-state index in [2.05, 4.69) is 38.2 Å². The van der Waals surface area contributed by atoms with E-state index >= 15 is 0 Å². The SMILES string of the molecule is CCCC/C=C\CCCCCC(=O)O.CCCC/C=C\CCCCCCCCC=O. The molecule has 0 aromatic heterocycles. The van der Waals surface area contributed by atoms with Crippen molar-refractivity contribution in [2.45, 2.75) is 136 Å². The number of carboxylic acid groups (broad SMARTS) is 1. The minimum Gasteiger partial charge on any atom is -0.481 e. The lowest BCUT2D eigenvalue weighted by molar-refractivity contribution is -0.137. The maximum atomic E-state index is 10.2. The summed E-state index contributed by atoms with van der Waals surface area (Å²) in [5, 5.41) is 8.40. The van der Waals surface area contributed by atoms with Crippen LogP contribution in [0.1, 0.15) is 136 Å². The van der Waals surface area contributed by atoms with Crippen molar-refractivity contribution in [1.82, 2.24) is 0 Å². The molecule has 0 rings (SSSR count). The van der Waals surface area contributed by atoms with Gasteiger partial charge in [-0.25, -0.2) is 0 Å². The highest BCUT2D eigenvalue weighted by Crippen LogP contribution is 2.09. The summed E-state index contributed by atoms with van der Waals surface area (Å²) in [5.41, 5.74) is 0. The molecule has 0 aliphatic rings. The van der Waals surface area contributed by atoms with Gasteiger partial charge in [0.05, 0.1) is 0 Å². The first kappa shape index (κ1) is 30.8. The van der Waals surface area contributed by atoms with Gasteiger partial charge in [0.15, 0.2) is 0 Å². The van der Waals surface area contributed by atoms with Crippen LogP contribution in [0.4, 0.5) is 0 Å². The van der Waals surface area contributed by atoms with Crippen molar-refractivity contribution in [1.29, 1.82) is 0 Å². The zero-order chi connectivity index (χ0) is 22.5. The van der Waals surface area contributed by atoms with Crippen LogP contribution in [-0.2, 0) is 9.59 Å². The van der Waals surface area contributed by atoms with E-state index in [1.807, 2.05) is 0 Å². The second-order valence-corrected chi connectivity index (χ2v) is 8.09. The fraction of sp³-hybridized carbons (Fsp3) is 0.778. The first-order chi connectivity index (χ1) is 14.7. The summed E-state index contributed by atoms with van der Waals surface area (Å²) in [6.45, 7) is 4.43. The summed E-state index contributed by atoms with van der Waals surface area (Å²) in [6.07, 6.45) is 31.7. The Hall–Kier alpha value is -1.38. The molecule has 30 heavy (non-hydrogen) atoms. The average Bonchev–Trinajstić information content (AvgIpc) is 2.74. The highest BCUT2D eigenvalue weighted by Gasteiger charge is 1.94. The van der Waals surface area contributed by atoms with Gasteiger partial charge in [-0.05, 0) is 51.4 Å². The molecule has 0 aromatic rings. The normalized spacial score (nSPS) is 11.0. The fourth-order valence-electron chi connectivity index (χ4n) is 3.03. The molecule has 0 radical (unpaired) electrons. The number of allylic oxidation sites excluding steroid dienone is 4. The van der Waals surface area contributed by atoms with Crippen molar-refractivity contribution in [3.63, 3.8) is 0 Å². The molecule has 0 aliphatic carbocycles. The number of rotatable bonds is 21. The maximum absolute atomic E-state index is 10.2. The Kier molecular flexibility index (Phi) is 30.6. The van der Waals surface area contributed by atoms with E-state index in [-0.39, 0.29) is 0 Å². The molecular formula is C27H50O3. The zero-order valence-electron chi connectivity index (χ0n) is 20.1. The van der Waals surface area contributed by atoms with Gasteiger partial charge in [-0.1, -0.05) is 95.9 Å². The molecule has 1 N–H and O–H groups in total. The summed E-state index contributed by atoms with van der Waals surface area (Å²) in [5.74, 6) is -0.677. The molecule has 0 saturated heterocycles. The number of carbonyl (C=O) groups excluding carboxylic acids is 1. The minimum absolute atomic E-state index is 0.319. The topological polar surface area (TPSA) is 54.4 Å². The van der Waals surface area contributed by atoms with E-state index in [1.165, 1.54) is 77.0 Å². The van der Waals surface area contributed by atoms with E-state index in [9.17, 15) is 9.59 Å². The first-order valence-corrected chi connectivity index (χ1v) is 12.6. The summed E-state index contributed by atoms with van der Waals surface area (Å²) in [6, 6.07) is 0. The smallest absolute Gasteiger partial charge is 0.303 e. The molecule has 0 fully saturated rings. The average molecular weight is 423 g/mol. The lowest BCUT2D eigenvalue weighted by Gasteiger charge is -1.98. The van der Waals surface area contributed by atoms with Crippen molar-refractivity contribution < 1.29 is 14.7 Å². The lowest BCUT2D eigenvalue weighted by atomic mass is 10.1. The number of hydrogen-bond acceptors (Lipinski definition) is 2. The van der Waals surface area contributed by atoms with Gasteiger partial charge in [0.1, 0.15) is 6.29 Å². The Morgan fingerprint density at radius 1 is 0.567 bits per heavy atom. The molecule has 0 saturated carbocycles. The molecule has 176 valence electrons. The molecule has 0 aromatic carbocycles. The van der Waals surface area contributed by atoms with Gasteiger partial charge in [-0.3, -0.25) is 4.79 Å².